The van der Waals surface area contributed by atoms with Crippen molar-refractivity contribution in [3.8, 4) is 17.6 Å². The molecule has 0 aliphatic rings. The van der Waals surface area contributed by atoms with E-state index in [1.54, 1.807) is 18.2 Å². The van der Waals surface area contributed by atoms with Crippen LogP contribution in [0.3, 0.4) is 0 Å². The Balaban J connectivity index is 2.24. The summed E-state index contributed by atoms with van der Waals surface area (Å²) in [6.45, 7) is 0. The molecule has 2 aromatic rings. The number of hydrogen-bond donors (Lipinski definition) is 0. The van der Waals surface area contributed by atoms with Gasteiger partial charge in [0.1, 0.15) is 4.88 Å². The number of methoxy groups -OCH3 is 1. The number of hydrogen-bond acceptors (Lipinski definition) is 5. The summed E-state index contributed by atoms with van der Waals surface area (Å²) in [5, 5.41) is 8.79. The summed E-state index contributed by atoms with van der Waals surface area (Å²) >= 11 is 4.57. The molecule has 0 aliphatic carbocycles. The molecule has 1 heterocycles. The van der Waals surface area contributed by atoms with Crippen molar-refractivity contribution in [3.05, 3.63) is 44.6 Å². The standard InChI is InChI=1S/C13H8BrNO3S/c1-17-10-6-8(7-15)2-3-9(10)18-13(16)11-4-5-12(14)19-11/h2-6H,1H3. The number of halogens is 1. The van der Waals surface area contributed by atoms with E-state index in [4.69, 9.17) is 14.7 Å². The molecule has 1 aromatic heterocycles. The molecule has 0 saturated carbocycles. The highest BCUT2D eigenvalue weighted by Crippen LogP contribution is 2.30. The molecule has 1 aromatic carbocycles. The zero-order chi connectivity index (χ0) is 13.8. The van der Waals surface area contributed by atoms with Crippen molar-refractivity contribution >= 4 is 33.2 Å². The number of nitrogens with zero attached hydrogens (tertiary/aromatic N) is 1. The highest BCUT2D eigenvalue weighted by Gasteiger charge is 2.14. The third-order valence-electron chi connectivity index (χ3n) is 2.27. The van der Waals surface area contributed by atoms with E-state index in [0.29, 0.717) is 16.2 Å². The first-order chi connectivity index (χ1) is 9.13. The van der Waals surface area contributed by atoms with Crippen molar-refractivity contribution in [2.45, 2.75) is 0 Å². The Labute approximate surface area is 122 Å². The molecule has 0 atom stereocenters. The summed E-state index contributed by atoms with van der Waals surface area (Å²) in [7, 11) is 1.45. The molecule has 0 radical (unpaired) electrons. The lowest BCUT2D eigenvalue weighted by atomic mass is 10.2. The van der Waals surface area contributed by atoms with E-state index in [-0.39, 0.29) is 5.75 Å². The normalized spacial score (nSPS) is 9.74. The average molecular weight is 338 g/mol. The van der Waals surface area contributed by atoms with Gasteiger partial charge < -0.3 is 9.47 Å². The van der Waals surface area contributed by atoms with Crippen molar-refractivity contribution < 1.29 is 14.3 Å². The van der Waals surface area contributed by atoms with Gasteiger partial charge in [-0.3, -0.25) is 0 Å². The number of benzene rings is 1. The maximum absolute atomic E-state index is 11.9. The second-order valence-electron chi connectivity index (χ2n) is 3.47. The molecule has 4 nitrogen and oxygen atoms in total. The van der Waals surface area contributed by atoms with Gasteiger partial charge >= 0.3 is 5.97 Å². The number of rotatable bonds is 3. The topological polar surface area (TPSA) is 59.3 Å². The lowest BCUT2D eigenvalue weighted by molar-refractivity contribution is 0.0735. The van der Waals surface area contributed by atoms with E-state index >= 15 is 0 Å². The molecule has 0 unspecified atom stereocenters. The summed E-state index contributed by atoms with van der Waals surface area (Å²) in [6.07, 6.45) is 0. The van der Waals surface area contributed by atoms with Crippen LogP contribution < -0.4 is 9.47 Å². The molecule has 6 heteroatoms. The molecule has 19 heavy (non-hydrogen) atoms. The molecule has 0 N–H and O–H groups in total. The Bertz CT molecular complexity index is 660. The first-order valence-corrected chi connectivity index (χ1v) is 6.80. The molecule has 2 rings (SSSR count). The van der Waals surface area contributed by atoms with Gasteiger partial charge in [-0.1, -0.05) is 0 Å². The molecule has 0 aliphatic heterocycles. The second-order valence-corrected chi connectivity index (χ2v) is 5.93. The fourth-order valence-corrected chi connectivity index (χ4v) is 2.66. The van der Waals surface area contributed by atoms with Crippen LogP contribution in [-0.4, -0.2) is 13.1 Å². The van der Waals surface area contributed by atoms with Crippen LogP contribution in [0, 0.1) is 11.3 Å². The summed E-state index contributed by atoms with van der Waals surface area (Å²) < 4.78 is 11.2. The van der Waals surface area contributed by atoms with E-state index in [1.807, 2.05) is 6.07 Å². The van der Waals surface area contributed by atoms with Gasteiger partial charge in [0.05, 0.1) is 22.5 Å². The number of carbonyl (C=O) groups is 1. The van der Waals surface area contributed by atoms with Gasteiger partial charge in [0, 0.05) is 6.07 Å². The Kier molecular flexibility index (Phi) is 4.20. The molecule has 0 bridgehead atoms. The molecule has 0 saturated heterocycles. The Morgan fingerprint density at radius 3 is 2.68 bits per heavy atom. The Hall–Kier alpha value is -1.84. The van der Waals surface area contributed by atoms with Crippen LogP contribution in [0.5, 0.6) is 11.5 Å². The minimum atomic E-state index is -0.460. The van der Waals surface area contributed by atoms with Crippen molar-refractivity contribution in [3.63, 3.8) is 0 Å². The van der Waals surface area contributed by atoms with Crippen LogP contribution in [0.25, 0.3) is 0 Å². The molecular formula is C13H8BrNO3S. The maximum Gasteiger partial charge on any atom is 0.353 e. The van der Waals surface area contributed by atoms with E-state index < -0.39 is 5.97 Å². The van der Waals surface area contributed by atoms with Gasteiger partial charge in [0.25, 0.3) is 0 Å². The molecule has 0 spiro atoms. The smallest absolute Gasteiger partial charge is 0.353 e. The van der Waals surface area contributed by atoms with Crippen molar-refractivity contribution in [1.29, 1.82) is 5.26 Å². The van der Waals surface area contributed by atoms with Crippen LogP contribution in [0.1, 0.15) is 15.2 Å². The minimum Gasteiger partial charge on any atom is -0.493 e. The SMILES string of the molecule is COc1cc(C#N)ccc1OC(=O)c1ccc(Br)s1. The highest BCUT2D eigenvalue weighted by atomic mass is 79.9. The van der Waals surface area contributed by atoms with Crippen molar-refractivity contribution in [2.24, 2.45) is 0 Å². The van der Waals surface area contributed by atoms with Crippen LogP contribution in [0.2, 0.25) is 0 Å². The van der Waals surface area contributed by atoms with Crippen LogP contribution in [0.4, 0.5) is 0 Å². The summed E-state index contributed by atoms with van der Waals surface area (Å²) in [5.41, 5.74) is 0.440. The molecule has 0 fully saturated rings. The number of ether oxygens (including phenoxy) is 2. The Morgan fingerprint density at radius 2 is 2.11 bits per heavy atom. The number of carbonyl (C=O) groups excluding carboxylic acids is 1. The average Bonchev–Trinajstić information content (AvgIpc) is 2.86. The van der Waals surface area contributed by atoms with Gasteiger partial charge in [0.15, 0.2) is 11.5 Å². The van der Waals surface area contributed by atoms with Gasteiger partial charge in [-0.05, 0) is 40.2 Å². The first-order valence-electron chi connectivity index (χ1n) is 5.19. The summed E-state index contributed by atoms with van der Waals surface area (Å²) in [4.78, 5) is 12.4. The monoisotopic (exact) mass is 337 g/mol. The number of esters is 1. The fourth-order valence-electron chi connectivity index (χ4n) is 1.40. The minimum absolute atomic E-state index is 0.288. The van der Waals surface area contributed by atoms with Gasteiger partial charge in [0.2, 0.25) is 0 Å². The van der Waals surface area contributed by atoms with E-state index in [0.717, 1.165) is 3.79 Å². The van der Waals surface area contributed by atoms with Gasteiger partial charge in [-0.15, -0.1) is 11.3 Å². The van der Waals surface area contributed by atoms with Crippen molar-refractivity contribution in [2.75, 3.05) is 7.11 Å². The third kappa shape index (κ3) is 3.13. The quantitative estimate of drug-likeness (QED) is 0.634. The van der Waals surface area contributed by atoms with Gasteiger partial charge in [-0.25, -0.2) is 4.79 Å². The van der Waals surface area contributed by atoms with Crippen molar-refractivity contribution in [1.82, 2.24) is 0 Å². The zero-order valence-electron chi connectivity index (χ0n) is 9.84. The van der Waals surface area contributed by atoms with Gasteiger partial charge in [-0.2, -0.15) is 5.26 Å². The van der Waals surface area contributed by atoms with Crippen LogP contribution >= 0.6 is 27.3 Å². The van der Waals surface area contributed by atoms with E-state index in [2.05, 4.69) is 15.9 Å². The lowest BCUT2D eigenvalue weighted by Crippen LogP contribution is -2.07. The fraction of sp³-hybridized carbons (Fsp3) is 0.0769. The number of thiophene rings is 1. The largest absolute Gasteiger partial charge is 0.493 e. The Morgan fingerprint density at radius 1 is 1.32 bits per heavy atom. The van der Waals surface area contributed by atoms with Crippen LogP contribution in [-0.2, 0) is 0 Å². The molecular weight excluding hydrogens is 330 g/mol. The molecule has 0 amide bonds. The van der Waals surface area contributed by atoms with E-state index in [1.165, 1.54) is 30.6 Å². The number of nitriles is 1. The predicted molar refractivity (Wildman–Crippen MR) is 74.7 cm³/mol. The maximum atomic E-state index is 11.9. The first kappa shape index (κ1) is 13.6. The third-order valence-corrected chi connectivity index (χ3v) is 3.87. The summed E-state index contributed by atoms with van der Waals surface area (Å²) in [5.74, 6) is 0.178. The highest BCUT2D eigenvalue weighted by molar-refractivity contribution is 9.11. The van der Waals surface area contributed by atoms with E-state index in [9.17, 15) is 4.79 Å². The second kappa shape index (κ2) is 5.87. The molecule has 96 valence electrons. The lowest BCUT2D eigenvalue weighted by Gasteiger charge is -2.08. The zero-order valence-corrected chi connectivity index (χ0v) is 12.2. The van der Waals surface area contributed by atoms with Crippen LogP contribution in [0.15, 0.2) is 34.1 Å². The predicted octanol–water partition coefficient (Wildman–Crippen LogP) is 3.61. The summed E-state index contributed by atoms with van der Waals surface area (Å²) in [6, 6.07) is 10.1.